The molecule has 6 heteroatoms. The maximum Gasteiger partial charge on any atom is 0.347 e. The Kier molecular flexibility index (Phi) is 4.55. The van der Waals surface area contributed by atoms with Crippen molar-refractivity contribution in [3.8, 4) is 0 Å². The van der Waals surface area contributed by atoms with E-state index in [9.17, 15) is 9.59 Å². The Bertz CT molecular complexity index is 806. The molecule has 1 aliphatic rings. The fraction of sp³-hybridized carbons (Fsp3) is 0.500. The summed E-state index contributed by atoms with van der Waals surface area (Å²) < 4.78 is 3.80. The van der Waals surface area contributed by atoms with E-state index in [0.29, 0.717) is 18.7 Å². The predicted octanol–water partition coefficient (Wildman–Crippen LogP) is 2.05. The number of nitrogens with zero attached hydrogens (tertiary/aromatic N) is 4. The first-order valence-corrected chi connectivity index (χ1v) is 8.51. The van der Waals surface area contributed by atoms with Crippen LogP contribution in [0.15, 0.2) is 29.2 Å². The van der Waals surface area contributed by atoms with Gasteiger partial charge >= 0.3 is 5.69 Å². The van der Waals surface area contributed by atoms with Gasteiger partial charge in [0.15, 0.2) is 0 Å². The van der Waals surface area contributed by atoms with Crippen LogP contribution >= 0.6 is 0 Å². The van der Waals surface area contributed by atoms with Crippen molar-refractivity contribution >= 4 is 5.91 Å². The molecule has 0 aromatic carbocycles. The van der Waals surface area contributed by atoms with Gasteiger partial charge in [0.25, 0.3) is 0 Å². The van der Waals surface area contributed by atoms with Crippen LogP contribution in [0.4, 0.5) is 0 Å². The summed E-state index contributed by atoms with van der Waals surface area (Å²) in [6.07, 6.45) is 3.28. The maximum atomic E-state index is 12.7. The molecule has 1 amide bonds. The lowest BCUT2D eigenvalue weighted by Crippen LogP contribution is -2.42. The Labute approximate surface area is 141 Å². The van der Waals surface area contributed by atoms with E-state index in [1.807, 2.05) is 24.0 Å². The molecule has 3 heterocycles. The molecule has 128 valence electrons. The minimum Gasteiger partial charge on any atom is -0.348 e. The summed E-state index contributed by atoms with van der Waals surface area (Å²) in [5, 5.41) is 0. The molecule has 6 nitrogen and oxygen atoms in total. The van der Waals surface area contributed by atoms with Crippen LogP contribution in [0.5, 0.6) is 0 Å². The van der Waals surface area contributed by atoms with Crippen molar-refractivity contribution in [3.05, 3.63) is 52.0 Å². The van der Waals surface area contributed by atoms with E-state index < -0.39 is 0 Å². The fourth-order valence-electron chi connectivity index (χ4n) is 3.59. The Morgan fingerprint density at radius 3 is 2.83 bits per heavy atom. The minimum atomic E-state index is -0.278. The molecule has 0 bridgehead atoms. The van der Waals surface area contributed by atoms with Gasteiger partial charge in [0, 0.05) is 49.3 Å². The number of amides is 1. The number of carbonyl (C=O) groups excluding carboxylic acids is 1. The minimum absolute atomic E-state index is 0.0983. The van der Waals surface area contributed by atoms with Crippen molar-refractivity contribution in [1.29, 1.82) is 0 Å². The van der Waals surface area contributed by atoms with Crippen molar-refractivity contribution in [1.82, 2.24) is 19.0 Å². The quantitative estimate of drug-likeness (QED) is 0.863. The van der Waals surface area contributed by atoms with E-state index in [1.54, 1.807) is 11.5 Å². The lowest BCUT2D eigenvalue weighted by atomic mass is 10.1. The first-order valence-electron chi connectivity index (χ1n) is 8.51. The van der Waals surface area contributed by atoms with Gasteiger partial charge in [0.1, 0.15) is 0 Å². The molecule has 0 saturated heterocycles. The molecular formula is C18H24N4O2. The van der Waals surface area contributed by atoms with E-state index in [4.69, 9.17) is 0 Å². The Balaban J connectivity index is 1.73. The van der Waals surface area contributed by atoms with Crippen LogP contribution in [0.1, 0.15) is 42.9 Å². The number of rotatable bonds is 4. The van der Waals surface area contributed by atoms with Crippen LogP contribution in [-0.4, -0.2) is 31.5 Å². The normalized spacial score (nSPS) is 17.0. The summed E-state index contributed by atoms with van der Waals surface area (Å²) in [6, 6.07) is 6.11. The second-order valence-electron chi connectivity index (χ2n) is 6.36. The second kappa shape index (κ2) is 6.63. The SMILES string of the molecule is CC[C@H]1c2cccn2CCN1C(=O)CCn1c(C)cc(C)nc1=O. The summed E-state index contributed by atoms with van der Waals surface area (Å²) in [7, 11) is 0. The molecule has 0 saturated carbocycles. The van der Waals surface area contributed by atoms with Crippen molar-refractivity contribution < 1.29 is 4.79 Å². The first-order chi connectivity index (χ1) is 11.5. The van der Waals surface area contributed by atoms with E-state index >= 15 is 0 Å². The van der Waals surface area contributed by atoms with Gasteiger partial charge in [-0.25, -0.2) is 4.79 Å². The lowest BCUT2D eigenvalue weighted by molar-refractivity contribution is -0.135. The smallest absolute Gasteiger partial charge is 0.347 e. The number of hydrogen-bond acceptors (Lipinski definition) is 3. The molecule has 0 radical (unpaired) electrons. The van der Waals surface area contributed by atoms with Gasteiger partial charge in [-0.2, -0.15) is 4.98 Å². The van der Waals surface area contributed by atoms with Gasteiger partial charge < -0.3 is 9.47 Å². The zero-order valence-corrected chi connectivity index (χ0v) is 14.5. The highest BCUT2D eigenvalue weighted by molar-refractivity contribution is 5.76. The summed E-state index contributed by atoms with van der Waals surface area (Å²) in [4.78, 5) is 30.7. The van der Waals surface area contributed by atoms with Crippen LogP contribution in [0.3, 0.4) is 0 Å². The Morgan fingerprint density at radius 2 is 2.12 bits per heavy atom. The van der Waals surface area contributed by atoms with Crippen LogP contribution in [0.2, 0.25) is 0 Å². The predicted molar refractivity (Wildman–Crippen MR) is 91.8 cm³/mol. The van der Waals surface area contributed by atoms with Gasteiger partial charge in [0.05, 0.1) is 6.04 Å². The standard InChI is InChI=1S/C18H24N4O2/c1-4-15-16-6-5-8-20(16)10-11-22(15)17(23)7-9-21-14(3)12-13(2)19-18(21)24/h5-6,8,12,15H,4,7,9-11H2,1-3H3/t15-/m0/s1. The topological polar surface area (TPSA) is 60.1 Å². The molecule has 2 aromatic heterocycles. The molecule has 2 aromatic rings. The Hall–Kier alpha value is -2.37. The third-order valence-electron chi connectivity index (χ3n) is 4.77. The third-order valence-corrected chi connectivity index (χ3v) is 4.77. The van der Waals surface area contributed by atoms with Gasteiger partial charge in [-0.05, 0) is 38.5 Å². The average molecular weight is 328 g/mol. The van der Waals surface area contributed by atoms with E-state index in [-0.39, 0.29) is 17.6 Å². The number of aryl methyl sites for hydroxylation is 2. The highest BCUT2D eigenvalue weighted by Crippen LogP contribution is 2.29. The van der Waals surface area contributed by atoms with Gasteiger partial charge in [-0.15, -0.1) is 0 Å². The van der Waals surface area contributed by atoms with E-state index in [0.717, 1.165) is 25.2 Å². The summed E-state index contributed by atoms with van der Waals surface area (Å²) >= 11 is 0. The summed E-state index contributed by atoms with van der Waals surface area (Å²) in [5.74, 6) is 0.0983. The lowest BCUT2D eigenvalue weighted by Gasteiger charge is -2.36. The van der Waals surface area contributed by atoms with Crippen LogP contribution in [-0.2, 0) is 17.9 Å². The fourth-order valence-corrected chi connectivity index (χ4v) is 3.59. The van der Waals surface area contributed by atoms with Crippen LogP contribution in [0.25, 0.3) is 0 Å². The molecule has 3 rings (SSSR count). The second-order valence-corrected chi connectivity index (χ2v) is 6.36. The van der Waals surface area contributed by atoms with E-state index in [1.165, 1.54) is 5.69 Å². The molecule has 1 aliphatic heterocycles. The molecule has 24 heavy (non-hydrogen) atoms. The summed E-state index contributed by atoms with van der Waals surface area (Å²) in [6.45, 7) is 7.72. The van der Waals surface area contributed by atoms with Crippen LogP contribution < -0.4 is 5.69 Å². The van der Waals surface area contributed by atoms with Crippen molar-refractivity contribution in [2.75, 3.05) is 6.54 Å². The number of aromatic nitrogens is 3. The van der Waals surface area contributed by atoms with Gasteiger partial charge in [0.2, 0.25) is 5.91 Å². The molecular weight excluding hydrogens is 304 g/mol. The largest absolute Gasteiger partial charge is 0.348 e. The van der Waals surface area contributed by atoms with Crippen molar-refractivity contribution in [3.63, 3.8) is 0 Å². The van der Waals surface area contributed by atoms with Crippen molar-refractivity contribution in [2.45, 2.75) is 52.7 Å². The maximum absolute atomic E-state index is 12.7. The zero-order chi connectivity index (χ0) is 17.3. The van der Waals surface area contributed by atoms with Crippen molar-refractivity contribution in [2.24, 2.45) is 0 Å². The third kappa shape index (κ3) is 3.00. The molecule has 0 aliphatic carbocycles. The van der Waals surface area contributed by atoms with Gasteiger partial charge in [-0.1, -0.05) is 6.92 Å². The van der Waals surface area contributed by atoms with Crippen LogP contribution in [0, 0.1) is 13.8 Å². The summed E-state index contributed by atoms with van der Waals surface area (Å²) in [5.41, 5.74) is 2.48. The molecule has 0 spiro atoms. The van der Waals surface area contributed by atoms with Gasteiger partial charge in [-0.3, -0.25) is 9.36 Å². The zero-order valence-electron chi connectivity index (χ0n) is 14.5. The highest BCUT2D eigenvalue weighted by atomic mass is 16.2. The molecule has 0 N–H and O–H groups in total. The molecule has 0 fully saturated rings. The number of carbonyl (C=O) groups is 1. The average Bonchev–Trinajstić information content (AvgIpc) is 3.01. The first kappa shape index (κ1) is 16.5. The molecule has 0 unspecified atom stereocenters. The molecule has 1 atom stereocenters. The number of fused-ring (bicyclic) bond motifs is 1. The Morgan fingerprint density at radius 1 is 1.33 bits per heavy atom. The van der Waals surface area contributed by atoms with E-state index in [2.05, 4.69) is 28.7 Å². The highest BCUT2D eigenvalue weighted by Gasteiger charge is 2.29. The monoisotopic (exact) mass is 328 g/mol. The number of hydrogen-bond donors (Lipinski definition) is 0.